The molecule has 0 saturated heterocycles. The molecule has 114 valence electrons. The van der Waals surface area contributed by atoms with Crippen LogP contribution in [0.25, 0.3) is 5.69 Å². The van der Waals surface area contributed by atoms with Gasteiger partial charge >= 0.3 is 6.18 Å². The molecule has 1 atom stereocenters. The van der Waals surface area contributed by atoms with Crippen molar-refractivity contribution in [3.63, 3.8) is 0 Å². The van der Waals surface area contributed by atoms with E-state index in [4.69, 9.17) is 5.73 Å². The van der Waals surface area contributed by atoms with Crippen molar-refractivity contribution in [1.82, 2.24) is 9.78 Å². The van der Waals surface area contributed by atoms with E-state index < -0.39 is 29.2 Å². The van der Waals surface area contributed by atoms with E-state index in [1.165, 1.54) is 0 Å². The van der Waals surface area contributed by atoms with Gasteiger partial charge in [0.25, 0.3) is 0 Å². The van der Waals surface area contributed by atoms with Crippen molar-refractivity contribution < 1.29 is 22.0 Å². The van der Waals surface area contributed by atoms with Gasteiger partial charge in [0.15, 0.2) is 17.3 Å². The van der Waals surface area contributed by atoms with Gasteiger partial charge in [-0.1, -0.05) is 0 Å². The standard InChI is InChI=1S/C13H12F5N3/c1-7(19)4-8-5-9(14)12(10(15)6-8)21-3-2-11(20-21)13(16,17)18/h2-3,5-7H,4,19H2,1H3. The monoisotopic (exact) mass is 305 g/mol. The van der Waals surface area contributed by atoms with Gasteiger partial charge in [0.1, 0.15) is 5.69 Å². The number of hydrogen-bond acceptors (Lipinski definition) is 2. The van der Waals surface area contributed by atoms with Gasteiger partial charge in [0.2, 0.25) is 0 Å². The maximum atomic E-state index is 13.9. The third-order valence-electron chi connectivity index (χ3n) is 2.74. The minimum Gasteiger partial charge on any atom is -0.328 e. The third-order valence-corrected chi connectivity index (χ3v) is 2.74. The summed E-state index contributed by atoms with van der Waals surface area (Å²) in [5.74, 6) is -2.00. The van der Waals surface area contributed by atoms with Crippen molar-refractivity contribution in [2.24, 2.45) is 5.73 Å². The number of nitrogens with zero attached hydrogens (tertiary/aromatic N) is 2. The van der Waals surface area contributed by atoms with E-state index in [-0.39, 0.29) is 12.5 Å². The molecule has 0 radical (unpaired) electrons. The number of aromatic nitrogens is 2. The second-order valence-electron chi connectivity index (χ2n) is 4.73. The number of benzene rings is 1. The van der Waals surface area contributed by atoms with Gasteiger partial charge in [-0.05, 0) is 37.1 Å². The molecule has 2 aromatic rings. The topological polar surface area (TPSA) is 43.8 Å². The lowest BCUT2D eigenvalue weighted by Crippen LogP contribution is -2.18. The van der Waals surface area contributed by atoms with Crippen LogP contribution in [0.15, 0.2) is 24.4 Å². The molecule has 0 aliphatic carbocycles. The number of halogens is 5. The molecule has 2 N–H and O–H groups in total. The maximum absolute atomic E-state index is 13.9. The molecule has 2 rings (SSSR count). The van der Waals surface area contributed by atoms with Crippen LogP contribution < -0.4 is 5.73 Å². The number of rotatable bonds is 3. The van der Waals surface area contributed by atoms with Crippen molar-refractivity contribution in [1.29, 1.82) is 0 Å². The fourth-order valence-electron chi connectivity index (χ4n) is 1.93. The van der Waals surface area contributed by atoms with Crippen LogP contribution in [0.2, 0.25) is 0 Å². The largest absolute Gasteiger partial charge is 0.435 e. The van der Waals surface area contributed by atoms with E-state index in [1.54, 1.807) is 6.92 Å². The third kappa shape index (κ3) is 3.38. The summed E-state index contributed by atoms with van der Waals surface area (Å²) in [7, 11) is 0. The first-order chi connectivity index (χ1) is 9.68. The lowest BCUT2D eigenvalue weighted by molar-refractivity contribution is -0.141. The Labute approximate surface area is 117 Å². The fourth-order valence-corrected chi connectivity index (χ4v) is 1.93. The SMILES string of the molecule is CC(N)Cc1cc(F)c(-n2ccc(C(F)(F)F)n2)c(F)c1. The van der Waals surface area contributed by atoms with Gasteiger partial charge in [-0.3, -0.25) is 0 Å². The van der Waals surface area contributed by atoms with E-state index in [2.05, 4.69) is 5.10 Å². The summed E-state index contributed by atoms with van der Waals surface area (Å²) >= 11 is 0. The zero-order chi connectivity index (χ0) is 15.8. The zero-order valence-corrected chi connectivity index (χ0v) is 11.0. The Morgan fingerprint density at radius 2 is 1.81 bits per heavy atom. The quantitative estimate of drug-likeness (QED) is 0.886. The summed E-state index contributed by atoms with van der Waals surface area (Å²) < 4.78 is 65.7. The Bertz CT molecular complexity index is 622. The summed E-state index contributed by atoms with van der Waals surface area (Å²) in [5.41, 5.74) is 3.99. The van der Waals surface area contributed by atoms with Crippen LogP contribution >= 0.6 is 0 Å². The van der Waals surface area contributed by atoms with Crippen molar-refractivity contribution in [2.45, 2.75) is 25.6 Å². The molecule has 0 bridgehead atoms. The molecule has 1 heterocycles. The number of alkyl halides is 3. The zero-order valence-electron chi connectivity index (χ0n) is 11.0. The fraction of sp³-hybridized carbons (Fsp3) is 0.308. The predicted molar refractivity (Wildman–Crippen MR) is 65.8 cm³/mol. The molecule has 0 saturated carbocycles. The van der Waals surface area contributed by atoms with E-state index in [0.29, 0.717) is 16.3 Å². The van der Waals surface area contributed by atoms with Gasteiger partial charge in [-0.2, -0.15) is 18.3 Å². The Morgan fingerprint density at radius 1 is 1.24 bits per heavy atom. The lowest BCUT2D eigenvalue weighted by Gasteiger charge is -2.10. The summed E-state index contributed by atoms with van der Waals surface area (Å²) in [6.07, 6.45) is -3.57. The van der Waals surface area contributed by atoms with Crippen molar-refractivity contribution in [3.8, 4) is 5.69 Å². The average Bonchev–Trinajstić information content (AvgIpc) is 2.75. The highest BCUT2D eigenvalue weighted by molar-refractivity contribution is 5.38. The molecule has 0 aliphatic heterocycles. The molecule has 1 aromatic carbocycles. The van der Waals surface area contributed by atoms with Crippen molar-refractivity contribution in [3.05, 3.63) is 47.3 Å². The van der Waals surface area contributed by atoms with Crippen LogP contribution in [-0.4, -0.2) is 15.8 Å². The van der Waals surface area contributed by atoms with E-state index in [1.807, 2.05) is 0 Å². The molecule has 21 heavy (non-hydrogen) atoms. The summed E-state index contributed by atoms with van der Waals surface area (Å²) in [4.78, 5) is 0. The second-order valence-corrected chi connectivity index (χ2v) is 4.73. The average molecular weight is 305 g/mol. The maximum Gasteiger partial charge on any atom is 0.435 e. The molecule has 0 spiro atoms. The predicted octanol–water partition coefficient (Wildman–Crippen LogP) is 3.06. The van der Waals surface area contributed by atoms with Gasteiger partial charge in [-0.25, -0.2) is 13.5 Å². The Balaban J connectivity index is 2.43. The van der Waals surface area contributed by atoms with E-state index >= 15 is 0 Å². The Kier molecular flexibility index (Phi) is 3.99. The molecule has 3 nitrogen and oxygen atoms in total. The van der Waals surface area contributed by atoms with Crippen LogP contribution in [0.3, 0.4) is 0 Å². The van der Waals surface area contributed by atoms with E-state index in [0.717, 1.165) is 18.3 Å². The highest BCUT2D eigenvalue weighted by Gasteiger charge is 2.34. The first kappa shape index (κ1) is 15.4. The van der Waals surface area contributed by atoms with Crippen LogP contribution in [-0.2, 0) is 12.6 Å². The molecule has 1 aromatic heterocycles. The smallest absolute Gasteiger partial charge is 0.328 e. The first-order valence-electron chi connectivity index (χ1n) is 6.05. The highest BCUT2D eigenvalue weighted by atomic mass is 19.4. The Morgan fingerprint density at radius 3 is 2.24 bits per heavy atom. The molecular weight excluding hydrogens is 293 g/mol. The van der Waals surface area contributed by atoms with Gasteiger partial charge in [0, 0.05) is 12.2 Å². The molecule has 0 fully saturated rings. The number of nitrogens with two attached hydrogens (primary N) is 1. The second kappa shape index (κ2) is 5.44. The number of hydrogen-bond donors (Lipinski definition) is 1. The summed E-state index contributed by atoms with van der Waals surface area (Å²) in [6, 6.07) is 2.43. The minimum atomic E-state index is -4.67. The van der Waals surface area contributed by atoms with Gasteiger partial charge < -0.3 is 5.73 Å². The van der Waals surface area contributed by atoms with Crippen LogP contribution in [0.4, 0.5) is 22.0 Å². The summed E-state index contributed by atoms with van der Waals surface area (Å²) in [6.45, 7) is 1.67. The highest BCUT2D eigenvalue weighted by Crippen LogP contribution is 2.29. The van der Waals surface area contributed by atoms with Crippen LogP contribution in [0.5, 0.6) is 0 Å². The molecule has 1 unspecified atom stereocenters. The van der Waals surface area contributed by atoms with Gasteiger partial charge in [-0.15, -0.1) is 0 Å². The molecular formula is C13H12F5N3. The van der Waals surface area contributed by atoms with E-state index in [9.17, 15) is 22.0 Å². The Hall–Kier alpha value is -1.96. The molecule has 0 aliphatic rings. The van der Waals surface area contributed by atoms with Crippen molar-refractivity contribution >= 4 is 0 Å². The first-order valence-corrected chi connectivity index (χ1v) is 6.05. The minimum absolute atomic E-state index is 0.251. The van der Waals surface area contributed by atoms with Crippen LogP contribution in [0, 0.1) is 11.6 Å². The molecule has 0 amide bonds. The van der Waals surface area contributed by atoms with Crippen molar-refractivity contribution in [2.75, 3.05) is 0 Å². The normalized spacial score (nSPS) is 13.5. The summed E-state index contributed by atoms with van der Waals surface area (Å²) in [5, 5.41) is 3.15. The van der Waals surface area contributed by atoms with Crippen LogP contribution in [0.1, 0.15) is 18.2 Å². The lowest BCUT2D eigenvalue weighted by atomic mass is 10.1. The molecule has 8 heteroatoms. The van der Waals surface area contributed by atoms with Gasteiger partial charge in [0.05, 0.1) is 0 Å².